The smallest absolute Gasteiger partial charge is 0.178 e. The first kappa shape index (κ1) is 15.8. The summed E-state index contributed by atoms with van der Waals surface area (Å²) in [6.45, 7) is 5.08. The minimum absolute atomic E-state index is 0.733. The molecule has 3 nitrogen and oxygen atoms in total. The highest BCUT2D eigenvalue weighted by atomic mass is 79.9. The van der Waals surface area contributed by atoms with E-state index in [4.69, 9.17) is 9.47 Å². The number of nitrogens with zero attached hydrogens (tertiary/aromatic N) is 1. The molecule has 0 bridgehead atoms. The van der Waals surface area contributed by atoms with Gasteiger partial charge in [-0.05, 0) is 24.6 Å². The third kappa shape index (κ3) is 3.56. The number of rotatable bonds is 5. The van der Waals surface area contributed by atoms with Gasteiger partial charge >= 0.3 is 0 Å². The molecule has 0 saturated heterocycles. The highest BCUT2D eigenvalue weighted by Gasteiger charge is 2.15. The van der Waals surface area contributed by atoms with Crippen molar-refractivity contribution in [2.45, 2.75) is 26.8 Å². The second-order valence-corrected chi connectivity index (χ2v) is 5.81. The van der Waals surface area contributed by atoms with Crippen LogP contribution in [-0.2, 0) is 13.0 Å². The fraction of sp³-hybridized carbons (Fsp3) is 0.353. The van der Waals surface area contributed by atoms with Gasteiger partial charge in [0.2, 0.25) is 0 Å². The van der Waals surface area contributed by atoms with E-state index < -0.39 is 0 Å². The molecule has 1 aromatic carbocycles. The van der Waals surface area contributed by atoms with E-state index >= 15 is 0 Å². The van der Waals surface area contributed by atoms with E-state index in [1.165, 1.54) is 11.3 Å². The molecule has 1 heterocycles. The Kier molecular flexibility index (Phi) is 5.23. The molecule has 0 unspecified atom stereocenters. The number of aryl methyl sites for hydroxylation is 2. The fourth-order valence-corrected chi connectivity index (χ4v) is 2.70. The average molecular weight is 351 g/mol. The molecule has 0 N–H and O–H groups in total. The molecule has 4 heteroatoms. The van der Waals surface area contributed by atoms with Crippen LogP contribution in [0.25, 0.3) is 0 Å². The molecule has 2 rings (SSSR count). The summed E-state index contributed by atoms with van der Waals surface area (Å²) in [5, 5.41) is 0. The highest BCUT2D eigenvalue weighted by Crippen LogP contribution is 2.33. The normalized spacial score (nSPS) is 10.5. The molecule has 0 spiro atoms. The maximum absolute atomic E-state index is 5.39. The molecular weight excluding hydrogens is 330 g/mol. The quantitative estimate of drug-likeness (QED) is 0.767. The molecule has 0 saturated carbocycles. The lowest BCUT2D eigenvalue weighted by atomic mass is 10.1. The Morgan fingerprint density at radius 3 is 2.38 bits per heavy atom. The van der Waals surface area contributed by atoms with Gasteiger partial charge in [-0.25, -0.2) is 0 Å². The number of hydrogen-bond acceptors (Lipinski definition) is 2. The SMILES string of the molecule is CCc1ccc(C)[n+](Cc2cc(OC)c(OC)cc2Br)c1. The molecule has 0 aliphatic carbocycles. The molecule has 0 amide bonds. The maximum Gasteiger partial charge on any atom is 0.178 e. The van der Waals surface area contributed by atoms with Crippen LogP contribution in [0.1, 0.15) is 23.7 Å². The Bertz CT molecular complexity index is 641. The summed E-state index contributed by atoms with van der Waals surface area (Å²) in [5.41, 5.74) is 3.72. The summed E-state index contributed by atoms with van der Waals surface area (Å²) in [4.78, 5) is 0. The third-order valence-corrected chi connectivity index (χ3v) is 4.35. The second-order valence-electron chi connectivity index (χ2n) is 4.96. The lowest BCUT2D eigenvalue weighted by Gasteiger charge is -2.11. The topological polar surface area (TPSA) is 22.3 Å². The van der Waals surface area contributed by atoms with Gasteiger partial charge in [-0.1, -0.05) is 22.9 Å². The van der Waals surface area contributed by atoms with Gasteiger partial charge < -0.3 is 9.47 Å². The van der Waals surface area contributed by atoms with Gasteiger partial charge in [-0.2, -0.15) is 4.57 Å². The lowest BCUT2D eigenvalue weighted by molar-refractivity contribution is -0.694. The van der Waals surface area contributed by atoms with Crippen LogP contribution in [0, 0.1) is 6.92 Å². The molecule has 2 aromatic rings. The molecule has 0 atom stereocenters. The van der Waals surface area contributed by atoms with Crippen LogP contribution < -0.4 is 14.0 Å². The van der Waals surface area contributed by atoms with Crippen molar-refractivity contribution in [3.8, 4) is 11.5 Å². The summed E-state index contributed by atoms with van der Waals surface area (Å²) in [6, 6.07) is 8.31. The Balaban J connectivity index is 2.39. The number of hydrogen-bond donors (Lipinski definition) is 0. The van der Waals surface area contributed by atoms with Crippen molar-refractivity contribution in [2.24, 2.45) is 0 Å². The summed E-state index contributed by atoms with van der Waals surface area (Å²) < 4.78 is 14.0. The van der Waals surface area contributed by atoms with Crippen molar-refractivity contribution in [1.82, 2.24) is 0 Å². The Morgan fingerprint density at radius 2 is 1.76 bits per heavy atom. The van der Waals surface area contributed by atoms with Crippen LogP contribution in [0.5, 0.6) is 11.5 Å². The van der Waals surface area contributed by atoms with Crippen LogP contribution in [0.4, 0.5) is 0 Å². The zero-order chi connectivity index (χ0) is 15.4. The van der Waals surface area contributed by atoms with E-state index in [1.54, 1.807) is 14.2 Å². The van der Waals surface area contributed by atoms with Crippen molar-refractivity contribution in [3.63, 3.8) is 0 Å². The average Bonchev–Trinajstić information content (AvgIpc) is 2.50. The standard InChI is InChI=1S/C17H21BrNO2/c1-5-13-7-6-12(2)19(10-13)11-14-8-16(20-3)17(21-4)9-15(14)18/h6-10H,5,11H2,1-4H3/q+1. The zero-order valence-electron chi connectivity index (χ0n) is 12.9. The molecule has 0 aliphatic heterocycles. The number of ether oxygens (including phenoxy) is 2. The van der Waals surface area contributed by atoms with Crippen molar-refractivity contribution in [3.05, 3.63) is 51.8 Å². The molecule has 21 heavy (non-hydrogen) atoms. The van der Waals surface area contributed by atoms with E-state index in [9.17, 15) is 0 Å². The van der Waals surface area contributed by atoms with E-state index in [0.29, 0.717) is 0 Å². The van der Waals surface area contributed by atoms with E-state index in [2.05, 4.69) is 52.7 Å². The van der Waals surface area contributed by atoms with Gasteiger partial charge in [0.05, 0.1) is 14.2 Å². The molecular formula is C17H21BrNO2+. The fourth-order valence-electron chi connectivity index (χ4n) is 2.25. The minimum Gasteiger partial charge on any atom is -0.493 e. The number of halogens is 1. The predicted molar refractivity (Wildman–Crippen MR) is 87.1 cm³/mol. The number of aromatic nitrogens is 1. The van der Waals surface area contributed by atoms with Crippen molar-refractivity contribution in [2.75, 3.05) is 14.2 Å². The van der Waals surface area contributed by atoms with Gasteiger partial charge in [0, 0.05) is 28.6 Å². The van der Waals surface area contributed by atoms with Crippen LogP contribution in [0.15, 0.2) is 34.9 Å². The van der Waals surface area contributed by atoms with Crippen LogP contribution in [0.3, 0.4) is 0 Å². The molecule has 0 fully saturated rings. The largest absolute Gasteiger partial charge is 0.493 e. The Labute approximate surface area is 134 Å². The lowest BCUT2D eigenvalue weighted by Crippen LogP contribution is -2.37. The summed E-state index contributed by atoms with van der Waals surface area (Å²) in [7, 11) is 3.30. The van der Waals surface area contributed by atoms with Crippen molar-refractivity contribution < 1.29 is 14.0 Å². The van der Waals surface area contributed by atoms with Gasteiger partial charge in [0.1, 0.15) is 0 Å². The molecule has 1 aromatic heterocycles. The third-order valence-electron chi connectivity index (χ3n) is 3.61. The number of methoxy groups -OCH3 is 2. The predicted octanol–water partition coefficient (Wildman–Crippen LogP) is 3.67. The summed E-state index contributed by atoms with van der Waals surface area (Å²) in [5.74, 6) is 1.48. The van der Waals surface area contributed by atoms with Gasteiger partial charge in [0.25, 0.3) is 0 Å². The van der Waals surface area contributed by atoms with E-state index in [0.717, 1.165) is 34.5 Å². The van der Waals surface area contributed by atoms with Crippen LogP contribution in [-0.4, -0.2) is 14.2 Å². The monoisotopic (exact) mass is 350 g/mol. The van der Waals surface area contributed by atoms with Gasteiger partial charge in [-0.3, -0.25) is 0 Å². The zero-order valence-corrected chi connectivity index (χ0v) is 14.5. The molecule has 112 valence electrons. The first-order valence-electron chi connectivity index (χ1n) is 6.98. The highest BCUT2D eigenvalue weighted by molar-refractivity contribution is 9.10. The van der Waals surface area contributed by atoms with Crippen molar-refractivity contribution in [1.29, 1.82) is 0 Å². The summed E-state index contributed by atoms with van der Waals surface area (Å²) in [6.07, 6.45) is 3.24. The van der Waals surface area contributed by atoms with Crippen molar-refractivity contribution >= 4 is 15.9 Å². The molecule has 0 radical (unpaired) electrons. The number of benzene rings is 1. The first-order valence-corrected chi connectivity index (χ1v) is 7.77. The maximum atomic E-state index is 5.39. The van der Waals surface area contributed by atoms with E-state index in [1.807, 2.05) is 12.1 Å². The van der Waals surface area contributed by atoms with Crippen LogP contribution in [0.2, 0.25) is 0 Å². The van der Waals surface area contributed by atoms with Gasteiger partial charge in [-0.15, -0.1) is 0 Å². The first-order chi connectivity index (χ1) is 10.1. The molecule has 0 aliphatic rings. The Hall–Kier alpha value is -1.55. The van der Waals surface area contributed by atoms with E-state index in [-0.39, 0.29) is 0 Å². The Morgan fingerprint density at radius 1 is 1.10 bits per heavy atom. The minimum atomic E-state index is 0.733. The van der Waals surface area contributed by atoms with Gasteiger partial charge in [0.15, 0.2) is 29.9 Å². The second kappa shape index (κ2) is 6.94. The summed E-state index contributed by atoms with van der Waals surface area (Å²) >= 11 is 3.62. The number of pyridine rings is 1. The van der Waals surface area contributed by atoms with Crippen LogP contribution >= 0.6 is 15.9 Å².